The standard InChI is InChI=1S/C20H30N2O/c1-14(2)22-17-7-8-18(22)12-16(11-17)21-13-20-19-6-4-3-5-15(19)9-10-23-20/h3-6,14,16-18,20-21H,7-13H2,1-2H3. The van der Waals surface area contributed by atoms with Crippen LogP contribution < -0.4 is 5.32 Å². The summed E-state index contributed by atoms with van der Waals surface area (Å²) in [5.41, 5.74) is 2.87. The molecular weight excluding hydrogens is 284 g/mol. The Morgan fingerprint density at radius 2 is 1.91 bits per heavy atom. The molecule has 1 aromatic carbocycles. The molecule has 2 bridgehead atoms. The Kier molecular flexibility index (Phi) is 4.44. The molecule has 0 aromatic heterocycles. The van der Waals surface area contributed by atoms with Gasteiger partial charge in [0, 0.05) is 30.7 Å². The zero-order valence-electron chi connectivity index (χ0n) is 14.5. The van der Waals surface area contributed by atoms with E-state index in [9.17, 15) is 0 Å². The van der Waals surface area contributed by atoms with Crippen LogP contribution in [0.15, 0.2) is 24.3 Å². The van der Waals surface area contributed by atoms with Crippen LogP contribution in [0.25, 0.3) is 0 Å². The van der Waals surface area contributed by atoms with Gasteiger partial charge in [-0.25, -0.2) is 0 Å². The first kappa shape index (κ1) is 15.6. The first-order chi connectivity index (χ1) is 11.2. The zero-order valence-corrected chi connectivity index (χ0v) is 14.5. The molecule has 0 aliphatic carbocycles. The van der Waals surface area contributed by atoms with Crippen molar-refractivity contribution in [3.63, 3.8) is 0 Å². The SMILES string of the molecule is CC(C)N1C2CCC1CC(NCC1OCCc3ccccc31)C2. The lowest BCUT2D eigenvalue weighted by molar-refractivity contribution is 0.0333. The number of nitrogens with zero attached hydrogens (tertiary/aromatic N) is 1. The second kappa shape index (κ2) is 6.54. The van der Waals surface area contributed by atoms with Gasteiger partial charge in [0.15, 0.2) is 0 Å². The van der Waals surface area contributed by atoms with E-state index in [1.807, 2.05) is 0 Å². The number of fused-ring (bicyclic) bond motifs is 3. The fourth-order valence-electron chi connectivity index (χ4n) is 5.14. The highest BCUT2D eigenvalue weighted by atomic mass is 16.5. The van der Waals surface area contributed by atoms with Gasteiger partial charge in [-0.05, 0) is 57.1 Å². The molecule has 1 N–H and O–H groups in total. The van der Waals surface area contributed by atoms with Crippen LogP contribution in [-0.2, 0) is 11.2 Å². The molecule has 3 atom stereocenters. The van der Waals surface area contributed by atoms with Crippen LogP contribution in [0.5, 0.6) is 0 Å². The quantitative estimate of drug-likeness (QED) is 0.923. The third kappa shape index (κ3) is 3.07. The summed E-state index contributed by atoms with van der Waals surface area (Å²) in [6.07, 6.45) is 6.70. The topological polar surface area (TPSA) is 24.5 Å². The van der Waals surface area contributed by atoms with Gasteiger partial charge in [-0.15, -0.1) is 0 Å². The molecule has 0 saturated carbocycles. The molecule has 3 aliphatic heterocycles. The molecule has 3 aliphatic rings. The summed E-state index contributed by atoms with van der Waals surface area (Å²) < 4.78 is 6.05. The van der Waals surface area contributed by atoms with E-state index in [1.54, 1.807) is 0 Å². The second-order valence-corrected chi connectivity index (χ2v) is 7.81. The van der Waals surface area contributed by atoms with Crippen LogP contribution in [0.2, 0.25) is 0 Å². The van der Waals surface area contributed by atoms with E-state index in [0.29, 0.717) is 12.1 Å². The minimum Gasteiger partial charge on any atom is -0.372 e. The van der Waals surface area contributed by atoms with Crippen molar-refractivity contribution in [1.29, 1.82) is 0 Å². The third-order valence-corrected chi connectivity index (χ3v) is 6.07. The molecule has 3 unspecified atom stereocenters. The molecule has 4 rings (SSSR count). The number of hydrogen-bond acceptors (Lipinski definition) is 3. The molecule has 3 heterocycles. The average Bonchev–Trinajstić information content (AvgIpc) is 2.84. The number of nitrogens with one attached hydrogen (secondary N) is 1. The van der Waals surface area contributed by atoms with E-state index >= 15 is 0 Å². The normalized spacial score (nSPS) is 33.9. The van der Waals surface area contributed by atoms with Crippen LogP contribution >= 0.6 is 0 Å². The Labute approximate surface area is 140 Å². The van der Waals surface area contributed by atoms with E-state index < -0.39 is 0 Å². The maximum Gasteiger partial charge on any atom is 0.0952 e. The zero-order chi connectivity index (χ0) is 15.8. The van der Waals surface area contributed by atoms with Crippen molar-refractivity contribution in [3.05, 3.63) is 35.4 Å². The van der Waals surface area contributed by atoms with Crippen molar-refractivity contribution in [2.75, 3.05) is 13.2 Å². The fraction of sp³-hybridized carbons (Fsp3) is 0.700. The molecule has 1 aromatic rings. The summed E-state index contributed by atoms with van der Waals surface area (Å²) in [4.78, 5) is 2.77. The Morgan fingerprint density at radius 3 is 2.65 bits per heavy atom. The minimum absolute atomic E-state index is 0.237. The highest BCUT2D eigenvalue weighted by molar-refractivity contribution is 5.31. The van der Waals surface area contributed by atoms with Crippen molar-refractivity contribution in [3.8, 4) is 0 Å². The Morgan fingerprint density at radius 1 is 1.17 bits per heavy atom. The van der Waals surface area contributed by atoms with Crippen molar-refractivity contribution in [2.24, 2.45) is 0 Å². The molecule has 3 nitrogen and oxygen atoms in total. The Balaban J connectivity index is 1.36. The number of ether oxygens (including phenoxy) is 1. The number of benzene rings is 1. The Hall–Kier alpha value is -0.900. The van der Waals surface area contributed by atoms with Gasteiger partial charge in [0.2, 0.25) is 0 Å². The van der Waals surface area contributed by atoms with Crippen LogP contribution in [0.1, 0.15) is 56.8 Å². The molecule has 0 amide bonds. The van der Waals surface area contributed by atoms with E-state index in [2.05, 4.69) is 48.3 Å². The predicted octanol–water partition coefficient (Wildman–Crippen LogP) is 3.29. The average molecular weight is 314 g/mol. The van der Waals surface area contributed by atoms with Crippen LogP contribution in [-0.4, -0.2) is 42.2 Å². The van der Waals surface area contributed by atoms with Gasteiger partial charge in [-0.3, -0.25) is 4.90 Å². The molecular formula is C20H30N2O. The van der Waals surface area contributed by atoms with Crippen LogP contribution in [0, 0.1) is 0 Å². The van der Waals surface area contributed by atoms with Gasteiger partial charge in [0.25, 0.3) is 0 Å². The van der Waals surface area contributed by atoms with Crippen LogP contribution in [0.3, 0.4) is 0 Å². The monoisotopic (exact) mass is 314 g/mol. The van der Waals surface area contributed by atoms with E-state index in [0.717, 1.165) is 31.7 Å². The van der Waals surface area contributed by atoms with Gasteiger partial charge in [-0.2, -0.15) is 0 Å². The number of piperidine rings is 1. The van der Waals surface area contributed by atoms with Gasteiger partial charge >= 0.3 is 0 Å². The van der Waals surface area contributed by atoms with E-state index in [4.69, 9.17) is 4.74 Å². The third-order valence-electron chi connectivity index (χ3n) is 6.07. The maximum atomic E-state index is 6.05. The smallest absolute Gasteiger partial charge is 0.0952 e. The van der Waals surface area contributed by atoms with Gasteiger partial charge < -0.3 is 10.1 Å². The first-order valence-corrected chi connectivity index (χ1v) is 9.42. The minimum atomic E-state index is 0.237. The summed E-state index contributed by atoms with van der Waals surface area (Å²) in [6.45, 7) is 6.53. The molecule has 3 heteroatoms. The van der Waals surface area contributed by atoms with Crippen molar-refractivity contribution in [1.82, 2.24) is 10.2 Å². The predicted molar refractivity (Wildman–Crippen MR) is 93.6 cm³/mol. The van der Waals surface area contributed by atoms with Crippen molar-refractivity contribution in [2.45, 2.75) is 76.2 Å². The molecule has 0 radical (unpaired) electrons. The molecule has 0 spiro atoms. The second-order valence-electron chi connectivity index (χ2n) is 7.81. The van der Waals surface area contributed by atoms with E-state index in [1.165, 1.54) is 36.8 Å². The molecule has 23 heavy (non-hydrogen) atoms. The lowest BCUT2D eigenvalue weighted by Crippen LogP contribution is -2.52. The van der Waals surface area contributed by atoms with E-state index in [-0.39, 0.29) is 6.10 Å². The van der Waals surface area contributed by atoms with Gasteiger partial charge in [-0.1, -0.05) is 24.3 Å². The summed E-state index contributed by atoms with van der Waals surface area (Å²) >= 11 is 0. The maximum absolute atomic E-state index is 6.05. The van der Waals surface area contributed by atoms with Crippen LogP contribution in [0.4, 0.5) is 0 Å². The molecule has 126 valence electrons. The number of hydrogen-bond donors (Lipinski definition) is 1. The largest absolute Gasteiger partial charge is 0.372 e. The van der Waals surface area contributed by atoms with Gasteiger partial charge in [0.05, 0.1) is 12.7 Å². The fourth-order valence-corrected chi connectivity index (χ4v) is 5.14. The van der Waals surface area contributed by atoms with Crippen molar-refractivity contribution < 1.29 is 4.74 Å². The molecule has 2 fully saturated rings. The highest BCUT2D eigenvalue weighted by Crippen LogP contribution is 2.37. The van der Waals surface area contributed by atoms with Crippen molar-refractivity contribution >= 4 is 0 Å². The van der Waals surface area contributed by atoms with Gasteiger partial charge in [0.1, 0.15) is 0 Å². The first-order valence-electron chi connectivity index (χ1n) is 9.42. The highest BCUT2D eigenvalue weighted by Gasteiger charge is 2.41. The number of rotatable bonds is 4. The summed E-state index contributed by atoms with van der Waals surface area (Å²) in [6, 6.07) is 11.7. The summed E-state index contributed by atoms with van der Waals surface area (Å²) in [5, 5.41) is 3.84. The lowest BCUT2D eigenvalue weighted by Gasteiger charge is -2.42. The molecule has 2 saturated heterocycles. The summed E-state index contributed by atoms with van der Waals surface area (Å²) in [5.74, 6) is 0. The Bertz CT molecular complexity index is 530. The lowest BCUT2D eigenvalue weighted by atomic mass is 9.94. The summed E-state index contributed by atoms with van der Waals surface area (Å²) in [7, 11) is 0.